The van der Waals surface area contributed by atoms with Gasteiger partial charge in [-0.25, -0.2) is 4.79 Å². The first kappa shape index (κ1) is 29.3. The smallest absolute Gasteiger partial charge is 0.408 e. The normalized spacial score (nSPS) is 13.9. The van der Waals surface area contributed by atoms with Crippen molar-refractivity contribution in [3.05, 3.63) is 29.8 Å². The van der Waals surface area contributed by atoms with Crippen LogP contribution < -0.4 is 10.6 Å². The number of phenols is 1. The van der Waals surface area contributed by atoms with E-state index in [9.17, 15) is 19.5 Å². The molecule has 8 heteroatoms. The lowest BCUT2D eigenvalue weighted by atomic mass is 9.97. The second-order valence-corrected chi connectivity index (χ2v) is 11.4. The molecule has 1 aromatic carbocycles. The van der Waals surface area contributed by atoms with E-state index in [4.69, 9.17) is 4.74 Å². The van der Waals surface area contributed by atoms with Gasteiger partial charge in [0.1, 0.15) is 23.4 Å². The molecule has 0 radical (unpaired) electrons. The molecule has 8 nitrogen and oxygen atoms in total. The molecule has 0 spiro atoms. The first-order chi connectivity index (χ1) is 15.4. The molecule has 0 heterocycles. The van der Waals surface area contributed by atoms with E-state index in [1.54, 1.807) is 32.9 Å². The minimum absolute atomic E-state index is 0.0606. The lowest BCUT2D eigenvalue weighted by Gasteiger charge is -2.38. The highest BCUT2D eigenvalue weighted by atomic mass is 16.6. The predicted molar refractivity (Wildman–Crippen MR) is 133 cm³/mol. The summed E-state index contributed by atoms with van der Waals surface area (Å²) in [4.78, 5) is 41.4. The third kappa shape index (κ3) is 9.61. The molecule has 1 rings (SSSR count). The van der Waals surface area contributed by atoms with Crippen molar-refractivity contribution in [3.8, 4) is 5.75 Å². The lowest BCUT2D eigenvalue weighted by molar-refractivity contribution is -0.145. The summed E-state index contributed by atoms with van der Waals surface area (Å²) in [6, 6.07) is 4.04. The first-order valence-electron chi connectivity index (χ1n) is 11.8. The molecule has 0 fully saturated rings. The number of ether oxygens (including phenoxy) is 1. The van der Waals surface area contributed by atoms with Gasteiger partial charge in [-0.2, -0.15) is 0 Å². The molecule has 3 amide bonds. The average Bonchev–Trinajstić information content (AvgIpc) is 2.62. The molecule has 0 saturated heterocycles. The number of carbonyl (C=O) groups excluding carboxylic acids is 3. The summed E-state index contributed by atoms with van der Waals surface area (Å²) in [5.74, 6) is -0.559. The molecule has 0 aliphatic carbocycles. The molecule has 34 heavy (non-hydrogen) atoms. The Bertz CT molecular complexity index is 835. The first-order valence-corrected chi connectivity index (χ1v) is 11.8. The van der Waals surface area contributed by atoms with Crippen LogP contribution in [0.5, 0.6) is 5.75 Å². The van der Waals surface area contributed by atoms with Crippen LogP contribution in [0.4, 0.5) is 4.79 Å². The highest BCUT2D eigenvalue weighted by Crippen LogP contribution is 2.28. The molecule has 0 aromatic heterocycles. The fourth-order valence-corrected chi connectivity index (χ4v) is 3.54. The summed E-state index contributed by atoms with van der Waals surface area (Å²) >= 11 is 0. The van der Waals surface area contributed by atoms with Crippen LogP contribution in [0.2, 0.25) is 0 Å². The molecule has 3 N–H and O–H groups in total. The van der Waals surface area contributed by atoms with E-state index < -0.39 is 29.3 Å². The topological polar surface area (TPSA) is 108 Å². The summed E-state index contributed by atoms with van der Waals surface area (Å²) in [6.45, 7) is 18.4. The molecule has 0 saturated carbocycles. The number of benzene rings is 1. The summed E-state index contributed by atoms with van der Waals surface area (Å²) in [5.41, 5.74) is -0.680. The quantitative estimate of drug-likeness (QED) is 0.510. The Hall–Kier alpha value is -2.77. The van der Waals surface area contributed by atoms with Gasteiger partial charge in [-0.1, -0.05) is 26.0 Å². The summed E-state index contributed by atoms with van der Waals surface area (Å²) in [6.07, 6.45) is -0.305. The minimum atomic E-state index is -0.956. The third-order valence-electron chi connectivity index (χ3n) is 4.74. The summed E-state index contributed by atoms with van der Waals surface area (Å²) < 4.78 is 5.38. The molecule has 0 aliphatic rings. The van der Waals surface area contributed by atoms with Crippen LogP contribution in [-0.2, 0) is 14.3 Å². The van der Waals surface area contributed by atoms with Crippen LogP contribution in [-0.4, -0.2) is 51.1 Å². The Labute approximate surface area is 204 Å². The molecule has 0 aliphatic heterocycles. The van der Waals surface area contributed by atoms with Crippen molar-refractivity contribution >= 4 is 17.9 Å². The van der Waals surface area contributed by atoms with E-state index >= 15 is 0 Å². The van der Waals surface area contributed by atoms with Gasteiger partial charge >= 0.3 is 6.09 Å². The van der Waals surface area contributed by atoms with Crippen molar-refractivity contribution in [1.29, 1.82) is 0 Å². The maximum atomic E-state index is 13.9. The monoisotopic (exact) mass is 477 g/mol. The standard InChI is InChI=1S/C26H43N3O5/c1-16(2)15-20(27-24(33)34-26(8,9)10)23(32)29(17(3)4)21(22(31)28-25(5,6)7)18-11-13-19(30)14-12-18/h11-14,16-17,20-21,30H,15H2,1-10H3,(H,27,33)(H,28,31). The third-order valence-corrected chi connectivity index (χ3v) is 4.74. The van der Waals surface area contributed by atoms with Gasteiger partial charge in [0.25, 0.3) is 0 Å². The Morgan fingerprint density at radius 2 is 1.50 bits per heavy atom. The van der Waals surface area contributed by atoms with E-state index in [-0.39, 0.29) is 29.5 Å². The summed E-state index contributed by atoms with van der Waals surface area (Å²) in [5, 5.41) is 15.4. The average molecular weight is 478 g/mol. The SMILES string of the molecule is CC(C)CC(NC(=O)OC(C)(C)C)C(=O)N(C(C)C)C(C(=O)NC(C)(C)C)c1ccc(O)cc1. The molecule has 0 bridgehead atoms. The van der Waals surface area contributed by atoms with Gasteiger partial charge in [0.2, 0.25) is 11.8 Å². The molecular formula is C26H43N3O5. The van der Waals surface area contributed by atoms with Crippen molar-refractivity contribution in [2.24, 2.45) is 5.92 Å². The number of hydrogen-bond acceptors (Lipinski definition) is 5. The van der Waals surface area contributed by atoms with Gasteiger partial charge in [0, 0.05) is 11.6 Å². The fourth-order valence-electron chi connectivity index (χ4n) is 3.54. The van der Waals surface area contributed by atoms with Crippen molar-refractivity contribution in [1.82, 2.24) is 15.5 Å². The van der Waals surface area contributed by atoms with Crippen LogP contribution >= 0.6 is 0 Å². The van der Waals surface area contributed by atoms with Crippen LogP contribution in [0.15, 0.2) is 24.3 Å². The number of nitrogens with zero attached hydrogens (tertiary/aromatic N) is 1. The van der Waals surface area contributed by atoms with E-state index in [2.05, 4.69) is 10.6 Å². The second-order valence-electron chi connectivity index (χ2n) is 11.4. The number of rotatable bonds is 8. The van der Waals surface area contributed by atoms with Gasteiger partial charge in [-0.05, 0) is 85.4 Å². The number of amides is 3. The Balaban J connectivity index is 3.47. The van der Waals surface area contributed by atoms with Crippen molar-refractivity contribution in [3.63, 3.8) is 0 Å². The Morgan fingerprint density at radius 1 is 0.971 bits per heavy atom. The van der Waals surface area contributed by atoms with Crippen LogP contribution in [0.1, 0.15) is 87.3 Å². The van der Waals surface area contributed by atoms with E-state index in [0.29, 0.717) is 12.0 Å². The van der Waals surface area contributed by atoms with Gasteiger partial charge < -0.3 is 25.4 Å². The number of aromatic hydroxyl groups is 1. The van der Waals surface area contributed by atoms with Gasteiger partial charge in [0.15, 0.2) is 0 Å². The number of carbonyl (C=O) groups is 3. The maximum Gasteiger partial charge on any atom is 0.408 e. The van der Waals surface area contributed by atoms with Crippen LogP contribution in [0, 0.1) is 5.92 Å². The molecule has 2 atom stereocenters. The highest BCUT2D eigenvalue weighted by molar-refractivity contribution is 5.92. The molecule has 2 unspecified atom stereocenters. The van der Waals surface area contributed by atoms with Crippen LogP contribution in [0.3, 0.4) is 0 Å². The second kappa shape index (κ2) is 11.6. The lowest BCUT2D eigenvalue weighted by Crippen LogP contribution is -2.56. The van der Waals surface area contributed by atoms with E-state index in [0.717, 1.165) is 0 Å². The number of nitrogens with one attached hydrogen (secondary N) is 2. The fraction of sp³-hybridized carbons (Fsp3) is 0.654. The Kier molecular flexibility index (Phi) is 9.97. The highest BCUT2D eigenvalue weighted by Gasteiger charge is 2.38. The van der Waals surface area contributed by atoms with E-state index in [1.807, 2.05) is 48.5 Å². The number of phenolic OH excluding ortho intramolecular Hbond substituents is 1. The van der Waals surface area contributed by atoms with Crippen molar-refractivity contribution < 1.29 is 24.2 Å². The zero-order valence-electron chi connectivity index (χ0n) is 22.4. The van der Waals surface area contributed by atoms with Crippen molar-refractivity contribution in [2.45, 2.75) is 105 Å². The van der Waals surface area contributed by atoms with Gasteiger partial charge in [-0.3, -0.25) is 9.59 Å². The molecular weight excluding hydrogens is 434 g/mol. The van der Waals surface area contributed by atoms with Gasteiger partial charge in [-0.15, -0.1) is 0 Å². The maximum absolute atomic E-state index is 13.9. The summed E-state index contributed by atoms with van der Waals surface area (Å²) in [7, 11) is 0. The Morgan fingerprint density at radius 3 is 1.91 bits per heavy atom. The number of hydrogen-bond donors (Lipinski definition) is 3. The van der Waals surface area contributed by atoms with Crippen molar-refractivity contribution in [2.75, 3.05) is 0 Å². The molecule has 192 valence electrons. The zero-order chi connectivity index (χ0) is 26.4. The minimum Gasteiger partial charge on any atom is -0.508 e. The zero-order valence-corrected chi connectivity index (χ0v) is 22.4. The predicted octanol–water partition coefficient (Wildman–Crippen LogP) is 4.52. The van der Waals surface area contributed by atoms with E-state index in [1.165, 1.54) is 17.0 Å². The number of alkyl carbamates (subject to hydrolysis) is 1. The van der Waals surface area contributed by atoms with Crippen LogP contribution in [0.25, 0.3) is 0 Å². The molecule has 1 aromatic rings. The van der Waals surface area contributed by atoms with Gasteiger partial charge in [0.05, 0.1) is 0 Å². The largest absolute Gasteiger partial charge is 0.508 e.